The predicted molar refractivity (Wildman–Crippen MR) is 150 cm³/mol. The molecule has 5 aliphatic heterocycles. The van der Waals surface area contributed by atoms with E-state index in [1.54, 1.807) is 20.8 Å². The van der Waals surface area contributed by atoms with Crippen molar-refractivity contribution in [2.24, 2.45) is 5.92 Å². The molecule has 4 atom stereocenters. The Morgan fingerprint density at radius 3 is 1.53 bits per heavy atom. The average Bonchev–Trinajstić information content (AvgIpc) is 3.40. The van der Waals surface area contributed by atoms with E-state index in [1.165, 1.54) is 32.1 Å². The summed E-state index contributed by atoms with van der Waals surface area (Å²) in [7, 11) is 4.22. The largest absolute Gasteiger partial charge is 0.340 e. The fourth-order valence-electron chi connectivity index (χ4n) is 6.34. The number of piperidine rings is 1. The topological polar surface area (TPSA) is 67.4 Å². The van der Waals surface area contributed by atoms with Crippen LogP contribution in [0.1, 0.15) is 82.1 Å². The van der Waals surface area contributed by atoms with Crippen LogP contribution in [-0.2, 0) is 14.4 Å². The molecule has 0 aromatic heterocycles. The van der Waals surface area contributed by atoms with Gasteiger partial charge in [-0.1, -0.05) is 29.2 Å². The number of likely N-dealkylation sites (N-methyl/N-ethyl adjacent to an activating group) is 2. The van der Waals surface area contributed by atoms with E-state index >= 15 is 0 Å². The van der Waals surface area contributed by atoms with Gasteiger partial charge in [-0.15, -0.1) is 0 Å². The zero-order valence-corrected chi connectivity index (χ0v) is 21.6. The van der Waals surface area contributed by atoms with Crippen LogP contribution in [0, 0.1) is 5.92 Å². The van der Waals surface area contributed by atoms with Crippen LogP contribution < -0.4 is 0 Å². The van der Waals surface area contributed by atoms with Gasteiger partial charge in [0.05, 0.1) is 0 Å². The van der Waals surface area contributed by atoms with Crippen LogP contribution in [0.15, 0.2) is 0 Å². The van der Waals surface area contributed by atoms with E-state index in [2.05, 4.69) is 35.7 Å². The van der Waals surface area contributed by atoms with E-state index in [0.717, 1.165) is 45.2 Å². The summed E-state index contributed by atoms with van der Waals surface area (Å²) in [5.41, 5.74) is 0. The molecule has 0 aromatic rings. The van der Waals surface area contributed by atoms with Crippen molar-refractivity contribution >= 4 is 17.7 Å². The fraction of sp³-hybridized carbons (Fsp3) is 0.893. The molecule has 5 saturated heterocycles. The normalized spacial score (nSPS) is 30.5. The van der Waals surface area contributed by atoms with E-state index in [4.69, 9.17) is 0 Å². The van der Waals surface area contributed by atoms with Gasteiger partial charge in [-0.25, -0.2) is 0 Å². The lowest BCUT2D eigenvalue weighted by Crippen LogP contribution is -2.46. The zero-order valence-electron chi connectivity index (χ0n) is 21.6. The van der Waals surface area contributed by atoms with Crippen LogP contribution in [0.3, 0.4) is 0 Å². The van der Waals surface area contributed by atoms with Crippen LogP contribution in [-0.4, -0.2) is 120 Å². The summed E-state index contributed by atoms with van der Waals surface area (Å²) in [6, 6.07) is 2.32. The van der Waals surface area contributed by atoms with Gasteiger partial charge < -0.3 is 19.6 Å². The molecule has 5 fully saturated rings. The Hall–Kier alpha value is -1.67. The van der Waals surface area contributed by atoms with Gasteiger partial charge in [0.15, 0.2) is 0 Å². The molecule has 0 N–H and O–H groups in total. The highest BCUT2D eigenvalue weighted by molar-refractivity contribution is 5.75. The average molecular weight is 512 g/mol. The van der Waals surface area contributed by atoms with Crippen molar-refractivity contribution in [1.29, 1.82) is 0 Å². The third kappa shape index (κ3) is 8.44. The number of hydrogen-bond acceptors (Lipinski definition) is 5. The minimum absolute atomic E-state index is 0. The van der Waals surface area contributed by atoms with Crippen LogP contribution >= 0.6 is 0 Å². The highest BCUT2D eigenvalue weighted by Crippen LogP contribution is 2.38. The van der Waals surface area contributed by atoms with Crippen molar-refractivity contribution < 1.29 is 14.4 Å². The Kier molecular flexibility index (Phi) is 14.2. The molecule has 0 spiro atoms. The third-order valence-corrected chi connectivity index (χ3v) is 8.20. The monoisotopic (exact) mass is 511 g/mol. The maximum Gasteiger partial charge on any atom is 0.219 e. The van der Waals surface area contributed by atoms with Crippen molar-refractivity contribution in [3.63, 3.8) is 0 Å². The van der Waals surface area contributed by atoms with Gasteiger partial charge in [0.25, 0.3) is 0 Å². The first-order valence-corrected chi connectivity index (χ1v) is 12.8. The third-order valence-electron chi connectivity index (χ3n) is 8.20. The first-order valence-electron chi connectivity index (χ1n) is 12.8. The van der Waals surface area contributed by atoms with E-state index in [9.17, 15) is 14.4 Å². The second-order valence-electron chi connectivity index (χ2n) is 10.9. The van der Waals surface area contributed by atoms with Crippen molar-refractivity contribution in [1.82, 2.24) is 24.5 Å². The summed E-state index contributed by atoms with van der Waals surface area (Å²) in [4.78, 5) is 43.8. The number of piperazine rings is 2. The SMILES string of the molecule is C.C.C.CC(=O)N1C2CCC1CC(C)C2.CC(=O)N1CC2CC1CN2C.CC(=O)N1CCN(C)CC1. The number of carbonyl (C=O) groups is 3. The molecule has 0 saturated carbocycles. The van der Waals surface area contributed by atoms with Crippen molar-refractivity contribution in [2.45, 2.75) is 106 Å². The van der Waals surface area contributed by atoms with Gasteiger partial charge in [0, 0.05) is 84.2 Å². The summed E-state index contributed by atoms with van der Waals surface area (Å²) in [5.74, 6) is 1.56. The van der Waals surface area contributed by atoms with Gasteiger partial charge in [-0.3, -0.25) is 19.3 Å². The summed E-state index contributed by atoms with van der Waals surface area (Å²) in [6.07, 6.45) is 6.14. The summed E-state index contributed by atoms with van der Waals surface area (Å²) < 4.78 is 0. The van der Waals surface area contributed by atoms with Crippen LogP contribution in [0.25, 0.3) is 0 Å². The van der Waals surface area contributed by atoms with Crippen molar-refractivity contribution in [3.8, 4) is 0 Å². The number of fused-ring (bicyclic) bond motifs is 4. The summed E-state index contributed by atoms with van der Waals surface area (Å²) >= 11 is 0. The van der Waals surface area contributed by atoms with Crippen LogP contribution in [0.4, 0.5) is 0 Å². The lowest BCUT2D eigenvalue weighted by Gasteiger charge is -2.37. The highest BCUT2D eigenvalue weighted by atomic mass is 16.2. The quantitative estimate of drug-likeness (QED) is 0.499. The Labute approximate surface area is 222 Å². The standard InChI is InChI=1S/C10H17NO.C8H14N2O.C7H14N2O.3CH4/c1-7-5-9-3-4-10(6-7)11(9)8(2)12;1-6(11)10-5-7-3-8(10)4-9(7)2;1-7(10)9-5-3-8(2)4-6-9;;;/h7,9-10H,3-6H2,1-2H3;7-8H,3-5H2,1-2H3;3-6H2,1-2H3;3*1H4. The molecule has 0 aliphatic carbocycles. The highest BCUT2D eigenvalue weighted by Gasteiger charge is 2.42. The van der Waals surface area contributed by atoms with E-state index < -0.39 is 0 Å². The molecular weight excluding hydrogens is 454 g/mol. The summed E-state index contributed by atoms with van der Waals surface area (Å²) in [6.45, 7) is 13.2. The number of likely N-dealkylation sites (tertiary alicyclic amines) is 2. The smallest absolute Gasteiger partial charge is 0.219 e. The predicted octanol–water partition coefficient (Wildman–Crippen LogP) is 3.41. The lowest BCUT2D eigenvalue weighted by molar-refractivity contribution is -0.134. The van der Waals surface area contributed by atoms with Crippen LogP contribution in [0.5, 0.6) is 0 Å². The molecule has 4 bridgehead atoms. The second kappa shape index (κ2) is 14.9. The Balaban J connectivity index is 0.000000492. The van der Waals surface area contributed by atoms with Crippen LogP contribution in [0.2, 0.25) is 0 Å². The number of amides is 3. The maximum atomic E-state index is 11.3. The van der Waals surface area contributed by atoms with Crippen molar-refractivity contribution in [2.75, 3.05) is 53.4 Å². The summed E-state index contributed by atoms with van der Waals surface area (Å²) in [5, 5.41) is 0. The molecular formula is C28H57N5O3. The van der Waals surface area contributed by atoms with Gasteiger partial charge in [0.2, 0.25) is 17.7 Å². The first kappa shape index (κ1) is 34.3. The zero-order chi connectivity index (χ0) is 24.3. The van der Waals surface area contributed by atoms with E-state index in [1.807, 2.05) is 9.80 Å². The van der Waals surface area contributed by atoms with Gasteiger partial charge >= 0.3 is 0 Å². The van der Waals surface area contributed by atoms with E-state index in [0.29, 0.717) is 24.2 Å². The minimum Gasteiger partial charge on any atom is -0.340 e. The molecule has 0 radical (unpaired) electrons. The molecule has 5 heterocycles. The van der Waals surface area contributed by atoms with E-state index in [-0.39, 0.29) is 40.0 Å². The fourth-order valence-corrected chi connectivity index (χ4v) is 6.34. The van der Waals surface area contributed by atoms with Gasteiger partial charge in [-0.05, 0) is 52.1 Å². The van der Waals surface area contributed by atoms with Gasteiger partial charge in [0.1, 0.15) is 0 Å². The van der Waals surface area contributed by atoms with Crippen molar-refractivity contribution in [3.05, 3.63) is 0 Å². The molecule has 8 heteroatoms. The lowest BCUT2D eigenvalue weighted by atomic mass is 9.92. The number of carbonyl (C=O) groups excluding carboxylic acids is 3. The number of hydrogen-bond donors (Lipinski definition) is 0. The second-order valence-corrected chi connectivity index (χ2v) is 10.9. The maximum absolute atomic E-state index is 11.3. The first-order chi connectivity index (χ1) is 15.6. The number of nitrogens with zero attached hydrogens (tertiary/aromatic N) is 5. The van der Waals surface area contributed by atoms with Gasteiger partial charge in [-0.2, -0.15) is 0 Å². The minimum atomic E-state index is 0. The molecule has 36 heavy (non-hydrogen) atoms. The Morgan fingerprint density at radius 2 is 1.17 bits per heavy atom. The molecule has 5 aliphatic rings. The molecule has 8 nitrogen and oxygen atoms in total. The Morgan fingerprint density at radius 1 is 0.639 bits per heavy atom. The molecule has 0 aromatic carbocycles. The molecule has 4 unspecified atom stereocenters. The Bertz CT molecular complexity index is 693. The molecule has 212 valence electrons. The molecule has 3 amide bonds. The molecule has 5 rings (SSSR count). The number of rotatable bonds is 0.